The number of hydrogen-bond donors (Lipinski definition) is 3. The molecular weight excluding hydrogens is 240 g/mol. The van der Waals surface area contributed by atoms with Gasteiger partial charge in [0.05, 0.1) is 17.4 Å². The molecule has 0 aromatic carbocycles. The molecule has 19 heavy (non-hydrogen) atoms. The first-order valence-corrected chi connectivity index (χ1v) is 6.96. The maximum Gasteiger partial charge on any atom is 0.250 e. The molecule has 104 valence electrons. The molecule has 0 unspecified atom stereocenters. The number of aromatic nitrogens is 1. The van der Waals surface area contributed by atoms with E-state index in [-0.39, 0.29) is 0 Å². The normalized spacial score (nSPS) is 16.2. The molecular formula is C14H22N4O. The molecule has 1 aromatic heterocycles. The van der Waals surface area contributed by atoms with Crippen LogP contribution < -0.4 is 16.8 Å². The van der Waals surface area contributed by atoms with Crippen molar-refractivity contribution in [3.63, 3.8) is 0 Å². The topological polar surface area (TPSA) is 94.0 Å². The summed E-state index contributed by atoms with van der Waals surface area (Å²) in [5.41, 5.74) is 12.0. The minimum Gasteiger partial charge on any atom is -0.384 e. The molecule has 0 saturated heterocycles. The van der Waals surface area contributed by atoms with Crippen LogP contribution in [0, 0.1) is 5.92 Å². The van der Waals surface area contributed by atoms with Gasteiger partial charge in [0.1, 0.15) is 5.82 Å². The average Bonchev–Trinajstić information content (AvgIpc) is 2.41. The van der Waals surface area contributed by atoms with Gasteiger partial charge >= 0.3 is 0 Å². The Morgan fingerprint density at radius 1 is 1.37 bits per heavy atom. The fourth-order valence-corrected chi connectivity index (χ4v) is 2.70. The SMILES string of the molecule is NC(=O)c1cc(N)ncc1NCCC1CCCCC1. The second-order valence-electron chi connectivity index (χ2n) is 5.24. The molecule has 1 saturated carbocycles. The van der Waals surface area contributed by atoms with E-state index in [2.05, 4.69) is 10.3 Å². The molecule has 0 radical (unpaired) electrons. The van der Waals surface area contributed by atoms with Crippen LogP contribution in [-0.4, -0.2) is 17.4 Å². The summed E-state index contributed by atoms with van der Waals surface area (Å²) in [7, 11) is 0. The molecule has 0 bridgehead atoms. The van der Waals surface area contributed by atoms with Gasteiger partial charge in [-0.2, -0.15) is 0 Å². The fraction of sp³-hybridized carbons (Fsp3) is 0.571. The van der Waals surface area contributed by atoms with Gasteiger partial charge in [0, 0.05) is 6.54 Å². The van der Waals surface area contributed by atoms with Gasteiger partial charge in [-0.3, -0.25) is 4.79 Å². The maximum absolute atomic E-state index is 11.3. The lowest BCUT2D eigenvalue weighted by molar-refractivity contribution is 0.100. The van der Waals surface area contributed by atoms with Crippen molar-refractivity contribution in [2.24, 2.45) is 11.7 Å². The second-order valence-corrected chi connectivity index (χ2v) is 5.24. The van der Waals surface area contributed by atoms with Crippen LogP contribution in [0.2, 0.25) is 0 Å². The van der Waals surface area contributed by atoms with Crippen molar-refractivity contribution < 1.29 is 4.79 Å². The summed E-state index contributed by atoms with van der Waals surface area (Å²) >= 11 is 0. The number of hydrogen-bond acceptors (Lipinski definition) is 4. The average molecular weight is 262 g/mol. The minimum atomic E-state index is -0.478. The number of nitrogens with one attached hydrogen (secondary N) is 1. The van der Waals surface area contributed by atoms with E-state index in [1.807, 2.05) is 0 Å². The van der Waals surface area contributed by atoms with Crippen molar-refractivity contribution in [2.75, 3.05) is 17.6 Å². The Hall–Kier alpha value is -1.78. The number of nitrogens with zero attached hydrogens (tertiary/aromatic N) is 1. The van der Waals surface area contributed by atoms with E-state index in [1.165, 1.54) is 38.2 Å². The van der Waals surface area contributed by atoms with E-state index in [4.69, 9.17) is 11.5 Å². The number of nitrogens with two attached hydrogens (primary N) is 2. The lowest BCUT2D eigenvalue weighted by atomic mass is 9.87. The molecule has 1 amide bonds. The number of carbonyl (C=O) groups excluding carboxylic acids is 1. The summed E-state index contributed by atoms with van der Waals surface area (Å²) < 4.78 is 0. The van der Waals surface area contributed by atoms with Crippen molar-refractivity contribution in [3.05, 3.63) is 17.8 Å². The van der Waals surface area contributed by atoms with Crippen molar-refractivity contribution in [1.82, 2.24) is 4.98 Å². The van der Waals surface area contributed by atoms with Gasteiger partial charge in [-0.1, -0.05) is 32.1 Å². The summed E-state index contributed by atoms with van der Waals surface area (Å²) in [6, 6.07) is 1.52. The van der Waals surface area contributed by atoms with E-state index < -0.39 is 5.91 Å². The summed E-state index contributed by atoms with van der Waals surface area (Å²) in [4.78, 5) is 15.3. The van der Waals surface area contributed by atoms with Crippen LogP contribution in [0.1, 0.15) is 48.9 Å². The fourth-order valence-electron chi connectivity index (χ4n) is 2.70. The standard InChI is InChI=1S/C14H22N4O/c15-13-8-11(14(16)19)12(9-18-13)17-7-6-10-4-2-1-3-5-10/h8-10,17H,1-7H2,(H2,15,18)(H2,16,19). The molecule has 1 aliphatic carbocycles. The zero-order valence-corrected chi connectivity index (χ0v) is 11.2. The highest BCUT2D eigenvalue weighted by molar-refractivity contribution is 5.98. The molecule has 1 aliphatic rings. The van der Waals surface area contributed by atoms with Crippen LogP contribution in [-0.2, 0) is 0 Å². The Bertz CT molecular complexity index is 441. The third-order valence-electron chi connectivity index (χ3n) is 3.78. The van der Waals surface area contributed by atoms with Crippen molar-refractivity contribution in [3.8, 4) is 0 Å². The lowest BCUT2D eigenvalue weighted by Crippen LogP contribution is -2.17. The highest BCUT2D eigenvalue weighted by atomic mass is 16.1. The number of anilines is 2. The molecule has 2 rings (SSSR count). The molecule has 1 aromatic rings. The van der Waals surface area contributed by atoms with Gasteiger partial charge in [-0.05, 0) is 18.4 Å². The van der Waals surface area contributed by atoms with Crippen LogP contribution in [0.25, 0.3) is 0 Å². The van der Waals surface area contributed by atoms with Crippen molar-refractivity contribution in [1.29, 1.82) is 0 Å². The Balaban J connectivity index is 1.89. The van der Waals surface area contributed by atoms with Crippen molar-refractivity contribution >= 4 is 17.4 Å². The molecule has 5 nitrogen and oxygen atoms in total. The van der Waals surface area contributed by atoms with Crippen LogP contribution >= 0.6 is 0 Å². The Labute approximate surface area is 113 Å². The lowest BCUT2D eigenvalue weighted by Gasteiger charge is -2.21. The molecule has 5 N–H and O–H groups in total. The molecule has 1 fully saturated rings. The first-order chi connectivity index (χ1) is 9.16. The van der Waals surface area contributed by atoms with Gasteiger partial charge in [0.15, 0.2) is 0 Å². The number of primary amides is 1. The number of carbonyl (C=O) groups is 1. The minimum absolute atomic E-state index is 0.312. The van der Waals surface area contributed by atoms with Gasteiger partial charge in [0.25, 0.3) is 5.91 Å². The largest absolute Gasteiger partial charge is 0.384 e. The van der Waals surface area contributed by atoms with E-state index in [0.717, 1.165) is 18.9 Å². The molecule has 0 atom stereocenters. The Morgan fingerprint density at radius 3 is 2.79 bits per heavy atom. The highest BCUT2D eigenvalue weighted by Crippen LogP contribution is 2.26. The van der Waals surface area contributed by atoms with E-state index in [1.54, 1.807) is 6.20 Å². The van der Waals surface area contributed by atoms with Crippen molar-refractivity contribution in [2.45, 2.75) is 38.5 Å². The summed E-state index contributed by atoms with van der Waals surface area (Å²) in [5.74, 6) is 0.640. The van der Waals surface area contributed by atoms with E-state index >= 15 is 0 Å². The first kappa shape index (κ1) is 13.6. The van der Waals surface area contributed by atoms with Crippen LogP contribution in [0.4, 0.5) is 11.5 Å². The van der Waals surface area contributed by atoms with E-state index in [9.17, 15) is 4.79 Å². The Kier molecular flexibility index (Phi) is 4.60. The smallest absolute Gasteiger partial charge is 0.250 e. The summed E-state index contributed by atoms with van der Waals surface area (Å²) in [5, 5.41) is 3.25. The predicted octanol–water partition coefficient (Wildman–Crippen LogP) is 2.14. The Morgan fingerprint density at radius 2 is 2.11 bits per heavy atom. The van der Waals surface area contributed by atoms with E-state index in [0.29, 0.717) is 17.1 Å². The molecule has 1 heterocycles. The monoisotopic (exact) mass is 262 g/mol. The third kappa shape index (κ3) is 3.84. The predicted molar refractivity (Wildman–Crippen MR) is 76.8 cm³/mol. The van der Waals surface area contributed by atoms with Gasteiger partial charge < -0.3 is 16.8 Å². The number of pyridine rings is 1. The summed E-state index contributed by atoms with van der Waals surface area (Å²) in [6.45, 7) is 0.844. The second kappa shape index (κ2) is 6.41. The first-order valence-electron chi connectivity index (χ1n) is 6.96. The quantitative estimate of drug-likeness (QED) is 0.757. The van der Waals surface area contributed by atoms with Gasteiger partial charge in [-0.15, -0.1) is 0 Å². The van der Waals surface area contributed by atoms with Crippen LogP contribution in [0.15, 0.2) is 12.3 Å². The van der Waals surface area contributed by atoms with Gasteiger partial charge in [0.2, 0.25) is 0 Å². The maximum atomic E-state index is 11.3. The van der Waals surface area contributed by atoms with Gasteiger partial charge in [-0.25, -0.2) is 4.98 Å². The van der Waals surface area contributed by atoms with Crippen LogP contribution in [0.3, 0.4) is 0 Å². The zero-order chi connectivity index (χ0) is 13.7. The molecule has 0 aliphatic heterocycles. The number of rotatable bonds is 5. The highest BCUT2D eigenvalue weighted by Gasteiger charge is 2.14. The number of nitrogen functional groups attached to an aromatic ring is 1. The third-order valence-corrected chi connectivity index (χ3v) is 3.78. The molecule has 5 heteroatoms. The molecule has 0 spiro atoms. The zero-order valence-electron chi connectivity index (χ0n) is 11.2. The number of amides is 1. The summed E-state index contributed by atoms with van der Waals surface area (Å²) in [6.07, 6.45) is 9.42. The van der Waals surface area contributed by atoms with Crippen LogP contribution in [0.5, 0.6) is 0 Å².